The van der Waals surface area contributed by atoms with E-state index in [0.29, 0.717) is 29.6 Å². The van der Waals surface area contributed by atoms with E-state index >= 15 is 0 Å². The van der Waals surface area contributed by atoms with Gasteiger partial charge in [0.1, 0.15) is 5.82 Å². The molecule has 2 heterocycles. The average Bonchev–Trinajstić information content (AvgIpc) is 2.65. The predicted octanol–water partition coefficient (Wildman–Crippen LogP) is 2.89. The molecule has 1 aliphatic heterocycles. The molecular formula is C23H32N4O3. The first-order valence-electron chi connectivity index (χ1n) is 10.8. The number of rotatable bonds is 4. The monoisotopic (exact) mass is 412 g/mol. The largest absolute Gasteiger partial charge is 0.350 e. The topological polar surface area (TPSA) is 84.3 Å². The molecule has 1 aliphatic rings. The van der Waals surface area contributed by atoms with Crippen LogP contribution in [0.3, 0.4) is 0 Å². The number of benzene rings is 1. The van der Waals surface area contributed by atoms with Gasteiger partial charge in [-0.25, -0.2) is 4.98 Å². The summed E-state index contributed by atoms with van der Waals surface area (Å²) in [5.74, 6) is 0.363. The third kappa shape index (κ3) is 5.07. The van der Waals surface area contributed by atoms with Crippen LogP contribution in [0.2, 0.25) is 0 Å². The van der Waals surface area contributed by atoms with Crippen molar-refractivity contribution in [3.63, 3.8) is 0 Å². The van der Waals surface area contributed by atoms with Gasteiger partial charge in [0.25, 0.3) is 11.5 Å². The van der Waals surface area contributed by atoms with Crippen LogP contribution in [-0.4, -0.2) is 44.9 Å². The summed E-state index contributed by atoms with van der Waals surface area (Å²) in [6, 6.07) is 5.03. The fraction of sp³-hybridized carbons (Fsp3) is 0.565. The molecule has 30 heavy (non-hydrogen) atoms. The molecule has 1 aromatic heterocycles. The Balaban J connectivity index is 1.90. The first-order valence-corrected chi connectivity index (χ1v) is 10.8. The van der Waals surface area contributed by atoms with Crippen molar-refractivity contribution in [3.05, 3.63) is 39.9 Å². The van der Waals surface area contributed by atoms with Crippen LogP contribution in [0, 0.1) is 0 Å². The zero-order valence-electron chi connectivity index (χ0n) is 18.5. The molecular weight excluding hydrogens is 380 g/mol. The number of carbonyl (C=O) groups is 2. The van der Waals surface area contributed by atoms with E-state index in [1.54, 1.807) is 22.8 Å². The number of amides is 2. The molecule has 0 saturated carbocycles. The summed E-state index contributed by atoms with van der Waals surface area (Å²) in [5.41, 5.74) is 0.599. The normalized spacial score (nSPS) is 14.5. The molecule has 0 bridgehead atoms. The van der Waals surface area contributed by atoms with E-state index in [9.17, 15) is 14.4 Å². The lowest BCUT2D eigenvalue weighted by Crippen LogP contribution is -2.47. The lowest BCUT2D eigenvalue weighted by molar-refractivity contribution is -0.123. The van der Waals surface area contributed by atoms with Crippen LogP contribution in [0.1, 0.15) is 69.6 Å². The number of nitrogens with zero attached hydrogens (tertiary/aromatic N) is 3. The quantitative estimate of drug-likeness (QED) is 0.837. The lowest BCUT2D eigenvalue weighted by Gasteiger charge is -2.25. The summed E-state index contributed by atoms with van der Waals surface area (Å²) < 4.78 is 1.79. The van der Waals surface area contributed by atoms with Gasteiger partial charge >= 0.3 is 0 Å². The van der Waals surface area contributed by atoms with Crippen LogP contribution in [0.15, 0.2) is 23.0 Å². The van der Waals surface area contributed by atoms with Crippen LogP contribution in [0.4, 0.5) is 0 Å². The second-order valence-electron chi connectivity index (χ2n) is 9.00. The third-order valence-corrected chi connectivity index (χ3v) is 5.33. The number of nitrogens with one attached hydrogen (secondary N) is 1. The molecule has 2 aromatic rings. The molecule has 3 rings (SSSR count). The van der Waals surface area contributed by atoms with Gasteiger partial charge in [-0.05, 0) is 58.7 Å². The number of hydrogen-bond acceptors (Lipinski definition) is 4. The Kier molecular flexibility index (Phi) is 6.58. The second kappa shape index (κ2) is 8.98. The molecule has 7 nitrogen and oxygen atoms in total. The van der Waals surface area contributed by atoms with Crippen molar-refractivity contribution in [3.8, 4) is 0 Å². The molecule has 2 amide bonds. The van der Waals surface area contributed by atoms with Crippen LogP contribution in [0.25, 0.3) is 10.9 Å². The Morgan fingerprint density at radius 1 is 1.17 bits per heavy atom. The van der Waals surface area contributed by atoms with Crippen molar-refractivity contribution < 1.29 is 9.59 Å². The predicted molar refractivity (Wildman–Crippen MR) is 118 cm³/mol. The summed E-state index contributed by atoms with van der Waals surface area (Å²) >= 11 is 0. The Bertz CT molecular complexity index is 1000. The highest BCUT2D eigenvalue weighted by atomic mass is 16.2. The molecule has 0 atom stereocenters. The van der Waals surface area contributed by atoms with Crippen molar-refractivity contribution in [1.82, 2.24) is 19.8 Å². The van der Waals surface area contributed by atoms with E-state index in [-0.39, 0.29) is 29.5 Å². The van der Waals surface area contributed by atoms with Gasteiger partial charge in [-0.15, -0.1) is 0 Å². The summed E-state index contributed by atoms with van der Waals surface area (Å²) in [6.07, 6.45) is 5.06. The smallest absolute Gasteiger partial charge is 0.261 e. The number of hydrogen-bond donors (Lipinski definition) is 1. The number of fused-ring (bicyclic) bond motifs is 2. The Hall–Kier alpha value is -2.70. The fourth-order valence-corrected chi connectivity index (χ4v) is 3.87. The number of carbonyl (C=O) groups excluding carboxylic acids is 2. The molecule has 0 unspecified atom stereocenters. The Morgan fingerprint density at radius 2 is 1.90 bits per heavy atom. The highest BCUT2D eigenvalue weighted by molar-refractivity contribution is 5.99. The van der Waals surface area contributed by atoms with Crippen LogP contribution >= 0.6 is 0 Å². The summed E-state index contributed by atoms with van der Waals surface area (Å²) in [7, 11) is 0. The van der Waals surface area contributed by atoms with E-state index in [1.807, 2.05) is 27.7 Å². The number of likely N-dealkylation sites (N-methyl/N-ethyl adjacent to an activating group) is 1. The molecule has 0 saturated heterocycles. The molecule has 7 heteroatoms. The van der Waals surface area contributed by atoms with E-state index in [1.165, 1.54) is 4.90 Å². The van der Waals surface area contributed by atoms with Gasteiger partial charge < -0.3 is 10.2 Å². The van der Waals surface area contributed by atoms with Crippen molar-refractivity contribution in [2.24, 2.45) is 0 Å². The third-order valence-electron chi connectivity index (χ3n) is 5.33. The van der Waals surface area contributed by atoms with Gasteiger partial charge in [0.2, 0.25) is 5.91 Å². The van der Waals surface area contributed by atoms with Crippen LogP contribution < -0.4 is 10.9 Å². The van der Waals surface area contributed by atoms with Gasteiger partial charge in [0, 0.05) is 30.6 Å². The average molecular weight is 413 g/mol. The Morgan fingerprint density at radius 3 is 2.60 bits per heavy atom. The van der Waals surface area contributed by atoms with Gasteiger partial charge in [-0.3, -0.25) is 19.0 Å². The highest BCUT2D eigenvalue weighted by Crippen LogP contribution is 2.17. The first-order chi connectivity index (χ1) is 14.2. The van der Waals surface area contributed by atoms with Gasteiger partial charge in [-0.2, -0.15) is 0 Å². The maximum atomic E-state index is 13.0. The zero-order valence-corrected chi connectivity index (χ0v) is 18.5. The minimum Gasteiger partial charge on any atom is -0.350 e. The molecule has 162 valence electrons. The van der Waals surface area contributed by atoms with Crippen molar-refractivity contribution in [1.29, 1.82) is 0 Å². The zero-order chi connectivity index (χ0) is 21.9. The molecule has 1 aromatic carbocycles. The van der Waals surface area contributed by atoms with Crippen molar-refractivity contribution >= 4 is 22.7 Å². The first kappa shape index (κ1) is 22.0. The molecule has 0 radical (unpaired) electrons. The highest BCUT2D eigenvalue weighted by Gasteiger charge is 2.21. The maximum absolute atomic E-state index is 13.0. The fourth-order valence-electron chi connectivity index (χ4n) is 3.87. The summed E-state index contributed by atoms with van der Waals surface area (Å²) in [4.78, 5) is 44.5. The summed E-state index contributed by atoms with van der Waals surface area (Å²) in [5, 5.41) is 3.42. The maximum Gasteiger partial charge on any atom is 0.261 e. The minimum atomic E-state index is -0.356. The Labute approximate surface area is 177 Å². The lowest BCUT2D eigenvalue weighted by atomic mass is 10.1. The molecule has 1 N–H and O–H groups in total. The standard InChI is InChI=1S/C23H32N4O3/c1-5-26(15-20(28)25-23(2,3)4)21(29)16-11-12-17-18(14-16)24-19-10-8-6-7-9-13-27(19)22(17)30/h11-12,14H,5-10,13,15H2,1-4H3,(H,25,28). The second-order valence-corrected chi connectivity index (χ2v) is 9.00. The molecule has 0 spiro atoms. The van der Waals surface area contributed by atoms with Gasteiger partial charge in [-0.1, -0.05) is 12.8 Å². The molecule has 0 aliphatic carbocycles. The molecule has 0 fully saturated rings. The van der Waals surface area contributed by atoms with Gasteiger partial charge in [0.05, 0.1) is 17.4 Å². The number of aryl methyl sites for hydroxylation is 1. The van der Waals surface area contributed by atoms with Crippen LogP contribution in [-0.2, 0) is 17.8 Å². The van der Waals surface area contributed by atoms with E-state index in [0.717, 1.165) is 37.9 Å². The SMILES string of the molecule is CCN(CC(=O)NC(C)(C)C)C(=O)c1ccc2c(=O)n3c(nc2c1)CCCCCC3. The van der Waals surface area contributed by atoms with Crippen LogP contribution in [0.5, 0.6) is 0 Å². The van der Waals surface area contributed by atoms with E-state index in [2.05, 4.69) is 5.32 Å². The van der Waals surface area contributed by atoms with E-state index in [4.69, 9.17) is 4.98 Å². The van der Waals surface area contributed by atoms with Gasteiger partial charge in [0.15, 0.2) is 0 Å². The van der Waals surface area contributed by atoms with Crippen molar-refractivity contribution in [2.75, 3.05) is 13.1 Å². The minimum absolute atomic E-state index is 0.00901. The summed E-state index contributed by atoms with van der Waals surface area (Å²) in [6.45, 7) is 8.66. The van der Waals surface area contributed by atoms with Crippen molar-refractivity contribution in [2.45, 2.75) is 71.9 Å². The van der Waals surface area contributed by atoms with E-state index < -0.39 is 0 Å². The number of aromatic nitrogens is 2.